The summed E-state index contributed by atoms with van der Waals surface area (Å²) in [4.78, 5) is 18.8. The van der Waals surface area contributed by atoms with Crippen molar-refractivity contribution in [1.82, 2.24) is 14.5 Å². The fraction of sp³-hybridized carbons (Fsp3) is 0.733. The second kappa shape index (κ2) is 5.35. The smallest absolute Gasteiger partial charge is 0.226 e. The maximum Gasteiger partial charge on any atom is 0.226 e. The molecule has 4 nitrogen and oxygen atoms in total. The summed E-state index contributed by atoms with van der Waals surface area (Å²) in [7, 11) is 2.00. The molecule has 1 aliphatic carbocycles. The van der Waals surface area contributed by atoms with Crippen molar-refractivity contribution in [3.05, 3.63) is 18.2 Å². The largest absolute Gasteiger partial charge is 0.343 e. The molecule has 0 spiro atoms. The fourth-order valence-corrected chi connectivity index (χ4v) is 3.52. The topological polar surface area (TPSA) is 38.1 Å². The van der Waals surface area contributed by atoms with Crippen LogP contribution in [0.25, 0.3) is 0 Å². The molecule has 1 saturated carbocycles. The third-order valence-electron chi connectivity index (χ3n) is 4.79. The SMILES string of the molecule is CN(C(=O)C1CCn2cncc2C1)C1CCCCC1. The second-order valence-electron chi connectivity index (χ2n) is 6.01. The van der Waals surface area contributed by atoms with Crippen LogP contribution in [0.1, 0.15) is 44.2 Å². The number of hydrogen-bond donors (Lipinski definition) is 0. The van der Waals surface area contributed by atoms with Crippen LogP contribution in [0.4, 0.5) is 0 Å². The molecule has 1 aliphatic heterocycles. The predicted octanol–water partition coefficient (Wildman–Crippen LogP) is 2.24. The number of nitrogens with zero attached hydrogens (tertiary/aromatic N) is 3. The Bertz CT molecular complexity index is 448. The molecule has 0 bridgehead atoms. The highest BCUT2D eigenvalue weighted by Crippen LogP contribution is 2.26. The Hall–Kier alpha value is -1.32. The third kappa shape index (κ3) is 2.53. The van der Waals surface area contributed by atoms with Crippen LogP contribution < -0.4 is 0 Å². The van der Waals surface area contributed by atoms with E-state index in [0.717, 1.165) is 19.4 Å². The first-order valence-electron chi connectivity index (χ1n) is 7.51. The molecule has 1 aromatic rings. The van der Waals surface area contributed by atoms with Crippen molar-refractivity contribution in [3.63, 3.8) is 0 Å². The van der Waals surface area contributed by atoms with Gasteiger partial charge >= 0.3 is 0 Å². The Morgan fingerprint density at radius 1 is 1.32 bits per heavy atom. The van der Waals surface area contributed by atoms with Crippen LogP contribution in [0.15, 0.2) is 12.5 Å². The van der Waals surface area contributed by atoms with Crippen LogP contribution in [-0.4, -0.2) is 33.4 Å². The molecule has 19 heavy (non-hydrogen) atoms. The average molecular weight is 261 g/mol. The van der Waals surface area contributed by atoms with Crippen LogP contribution in [0.3, 0.4) is 0 Å². The highest BCUT2D eigenvalue weighted by Gasteiger charge is 2.30. The molecule has 2 heterocycles. The number of aromatic nitrogens is 2. The number of rotatable bonds is 2. The number of imidazole rings is 1. The molecule has 0 N–H and O–H groups in total. The number of hydrogen-bond acceptors (Lipinski definition) is 2. The Kier molecular flexibility index (Phi) is 3.58. The van der Waals surface area contributed by atoms with Gasteiger partial charge in [-0.1, -0.05) is 19.3 Å². The van der Waals surface area contributed by atoms with E-state index in [1.165, 1.54) is 37.8 Å². The van der Waals surface area contributed by atoms with Crippen molar-refractivity contribution in [1.29, 1.82) is 0 Å². The van der Waals surface area contributed by atoms with Gasteiger partial charge in [0.05, 0.1) is 6.33 Å². The molecule has 1 unspecified atom stereocenters. The minimum Gasteiger partial charge on any atom is -0.343 e. The van der Waals surface area contributed by atoms with Gasteiger partial charge < -0.3 is 9.47 Å². The minimum absolute atomic E-state index is 0.163. The van der Waals surface area contributed by atoms with Crippen LogP contribution in [0.5, 0.6) is 0 Å². The van der Waals surface area contributed by atoms with Crippen molar-refractivity contribution < 1.29 is 4.79 Å². The van der Waals surface area contributed by atoms with Gasteiger partial charge in [0.2, 0.25) is 5.91 Å². The lowest BCUT2D eigenvalue weighted by molar-refractivity contribution is -0.137. The number of carbonyl (C=O) groups excluding carboxylic acids is 1. The summed E-state index contributed by atoms with van der Waals surface area (Å²) < 4.78 is 2.17. The molecule has 1 amide bonds. The van der Waals surface area contributed by atoms with Crippen molar-refractivity contribution >= 4 is 5.91 Å². The van der Waals surface area contributed by atoms with Gasteiger partial charge in [0.1, 0.15) is 0 Å². The predicted molar refractivity (Wildman–Crippen MR) is 73.7 cm³/mol. The molecule has 3 rings (SSSR count). The molecule has 104 valence electrons. The highest BCUT2D eigenvalue weighted by molar-refractivity contribution is 5.79. The molecule has 1 aromatic heterocycles. The summed E-state index contributed by atoms with van der Waals surface area (Å²) in [5, 5.41) is 0. The van der Waals surface area contributed by atoms with E-state index in [1.54, 1.807) is 0 Å². The van der Waals surface area contributed by atoms with Gasteiger partial charge in [-0.05, 0) is 19.3 Å². The van der Waals surface area contributed by atoms with E-state index in [2.05, 4.69) is 9.55 Å². The first-order valence-corrected chi connectivity index (χ1v) is 7.51. The number of fused-ring (bicyclic) bond motifs is 1. The quantitative estimate of drug-likeness (QED) is 0.819. The summed E-state index contributed by atoms with van der Waals surface area (Å²) in [5.41, 5.74) is 1.21. The molecule has 0 radical (unpaired) electrons. The lowest BCUT2D eigenvalue weighted by Gasteiger charge is -2.35. The standard InChI is InChI=1S/C15H23N3O/c1-17(13-5-3-2-4-6-13)15(19)12-7-8-18-11-16-10-14(18)9-12/h10-13H,2-9H2,1H3. The maximum atomic E-state index is 12.6. The van der Waals surface area contributed by atoms with Crippen molar-refractivity contribution in [2.24, 2.45) is 5.92 Å². The Labute approximate surface area is 114 Å². The average Bonchev–Trinajstić information content (AvgIpc) is 2.94. The van der Waals surface area contributed by atoms with Crippen molar-refractivity contribution in [2.75, 3.05) is 7.05 Å². The van der Waals surface area contributed by atoms with Gasteiger partial charge in [0.25, 0.3) is 0 Å². The maximum absolute atomic E-state index is 12.6. The summed E-state index contributed by atoms with van der Waals surface area (Å²) in [5.74, 6) is 0.510. The molecular weight excluding hydrogens is 238 g/mol. The molecule has 1 fully saturated rings. The molecule has 4 heteroatoms. The van der Waals surface area contributed by atoms with Crippen LogP contribution in [0.2, 0.25) is 0 Å². The van der Waals surface area contributed by atoms with Crippen molar-refractivity contribution in [2.45, 2.75) is 57.5 Å². The lowest BCUT2D eigenvalue weighted by atomic mass is 9.91. The van der Waals surface area contributed by atoms with E-state index in [0.29, 0.717) is 11.9 Å². The first-order chi connectivity index (χ1) is 9.25. The van der Waals surface area contributed by atoms with E-state index < -0.39 is 0 Å². The zero-order chi connectivity index (χ0) is 13.2. The van der Waals surface area contributed by atoms with Gasteiger partial charge in [0, 0.05) is 43.9 Å². The van der Waals surface area contributed by atoms with E-state index in [9.17, 15) is 4.79 Å². The summed E-state index contributed by atoms with van der Waals surface area (Å²) in [6, 6.07) is 0.480. The second-order valence-corrected chi connectivity index (χ2v) is 6.01. The Balaban J connectivity index is 1.64. The summed E-state index contributed by atoms with van der Waals surface area (Å²) >= 11 is 0. The molecule has 1 atom stereocenters. The monoisotopic (exact) mass is 261 g/mol. The molecular formula is C15H23N3O. The summed E-state index contributed by atoms with van der Waals surface area (Å²) in [6.07, 6.45) is 11.9. The number of aryl methyl sites for hydroxylation is 1. The molecule has 0 saturated heterocycles. The zero-order valence-corrected chi connectivity index (χ0v) is 11.7. The van der Waals surface area contributed by atoms with Crippen LogP contribution in [-0.2, 0) is 17.8 Å². The fourth-order valence-electron chi connectivity index (χ4n) is 3.52. The molecule has 0 aromatic carbocycles. The normalized spacial score (nSPS) is 23.9. The zero-order valence-electron chi connectivity index (χ0n) is 11.7. The van der Waals surface area contributed by atoms with Crippen molar-refractivity contribution in [3.8, 4) is 0 Å². The van der Waals surface area contributed by atoms with Gasteiger partial charge in [-0.2, -0.15) is 0 Å². The third-order valence-corrected chi connectivity index (χ3v) is 4.79. The van der Waals surface area contributed by atoms with E-state index in [1.807, 2.05) is 24.5 Å². The van der Waals surface area contributed by atoms with Gasteiger partial charge in [0.15, 0.2) is 0 Å². The lowest BCUT2D eigenvalue weighted by Crippen LogP contribution is -2.43. The summed E-state index contributed by atoms with van der Waals surface area (Å²) in [6.45, 7) is 0.935. The van der Waals surface area contributed by atoms with E-state index >= 15 is 0 Å². The van der Waals surface area contributed by atoms with Gasteiger partial charge in [-0.25, -0.2) is 4.98 Å². The number of amides is 1. The molecule has 2 aliphatic rings. The number of carbonyl (C=O) groups is 1. The Morgan fingerprint density at radius 2 is 2.11 bits per heavy atom. The minimum atomic E-state index is 0.163. The van der Waals surface area contributed by atoms with E-state index in [-0.39, 0.29) is 5.92 Å². The van der Waals surface area contributed by atoms with Gasteiger partial charge in [-0.3, -0.25) is 4.79 Å². The van der Waals surface area contributed by atoms with Gasteiger partial charge in [-0.15, -0.1) is 0 Å². The highest BCUT2D eigenvalue weighted by atomic mass is 16.2. The van der Waals surface area contributed by atoms with E-state index in [4.69, 9.17) is 0 Å². The first kappa shape index (κ1) is 12.7. The Morgan fingerprint density at radius 3 is 2.89 bits per heavy atom. The van der Waals surface area contributed by atoms with Crippen LogP contribution >= 0.6 is 0 Å². The van der Waals surface area contributed by atoms with Crippen LogP contribution in [0, 0.1) is 5.92 Å².